The van der Waals surface area contributed by atoms with E-state index in [0.29, 0.717) is 6.54 Å². The maximum atomic E-state index is 12.5. The van der Waals surface area contributed by atoms with E-state index in [4.69, 9.17) is 0 Å². The molecular formula is C18H22N4O. The Labute approximate surface area is 136 Å². The van der Waals surface area contributed by atoms with E-state index in [2.05, 4.69) is 20.2 Å². The van der Waals surface area contributed by atoms with Crippen molar-refractivity contribution in [1.29, 1.82) is 0 Å². The quantitative estimate of drug-likeness (QED) is 0.947. The van der Waals surface area contributed by atoms with Gasteiger partial charge >= 0.3 is 0 Å². The number of carbonyl (C=O) groups excluding carboxylic acids is 1. The van der Waals surface area contributed by atoms with Crippen molar-refractivity contribution in [2.75, 3.05) is 23.3 Å². The van der Waals surface area contributed by atoms with Gasteiger partial charge in [0.2, 0.25) is 11.9 Å². The van der Waals surface area contributed by atoms with Gasteiger partial charge in [0.15, 0.2) is 0 Å². The lowest BCUT2D eigenvalue weighted by Crippen LogP contribution is -2.41. The fourth-order valence-electron chi connectivity index (χ4n) is 2.84. The van der Waals surface area contributed by atoms with Gasteiger partial charge in [0.1, 0.15) is 0 Å². The lowest BCUT2D eigenvalue weighted by molar-refractivity contribution is -0.120. The Bertz CT molecular complexity index is 684. The van der Waals surface area contributed by atoms with Gasteiger partial charge in [0.25, 0.3) is 0 Å². The molecule has 1 unspecified atom stereocenters. The first kappa shape index (κ1) is 15.5. The molecule has 1 aliphatic heterocycles. The van der Waals surface area contributed by atoms with Crippen molar-refractivity contribution >= 4 is 17.5 Å². The van der Waals surface area contributed by atoms with E-state index >= 15 is 0 Å². The van der Waals surface area contributed by atoms with Crippen molar-refractivity contribution < 1.29 is 4.79 Å². The molecule has 2 heterocycles. The maximum absolute atomic E-state index is 12.5. The molecule has 0 aliphatic carbocycles. The fourth-order valence-corrected chi connectivity index (χ4v) is 2.84. The van der Waals surface area contributed by atoms with Crippen molar-refractivity contribution in [2.24, 2.45) is 5.92 Å². The van der Waals surface area contributed by atoms with Crippen LogP contribution in [0, 0.1) is 19.8 Å². The highest BCUT2D eigenvalue weighted by molar-refractivity contribution is 5.93. The topological polar surface area (TPSA) is 58.1 Å². The molecule has 1 atom stereocenters. The number of benzene rings is 1. The van der Waals surface area contributed by atoms with Crippen LogP contribution in [0.1, 0.15) is 24.1 Å². The first-order valence-corrected chi connectivity index (χ1v) is 8.04. The van der Waals surface area contributed by atoms with Crippen molar-refractivity contribution in [1.82, 2.24) is 9.97 Å². The summed E-state index contributed by atoms with van der Waals surface area (Å²) in [6, 6.07) is 9.77. The van der Waals surface area contributed by atoms with Crippen molar-refractivity contribution in [2.45, 2.75) is 26.7 Å². The number of carbonyl (C=O) groups is 1. The molecule has 0 spiro atoms. The van der Waals surface area contributed by atoms with E-state index in [1.807, 2.05) is 44.2 Å². The molecule has 0 saturated carbocycles. The third-order valence-electron chi connectivity index (χ3n) is 4.18. The molecule has 1 aromatic heterocycles. The second kappa shape index (κ2) is 6.77. The van der Waals surface area contributed by atoms with Gasteiger partial charge < -0.3 is 10.2 Å². The lowest BCUT2D eigenvalue weighted by atomic mass is 9.97. The molecular weight excluding hydrogens is 288 g/mol. The zero-order valence-corrected chi connectivity index (χ0v) is 13.6. The van der Waals surface area contributed by atoms with Crippen LogP contribution in [-0.2, 0) is 4.79 Å². The molecule has 1 aromatic carbocycles. The highest BCUT2D eigenvalue weighted by atomic mass is 16.1. The van der Waals surface area contributed by atoms with Crippen LogP contribution >= 0.6 is 0 Å². The van der Waals surface area contributed by atoms with E-state index in [1.54, 1.807) is 6.20 Å². The van der Waals surface area contributed by atoms with Gasteiger partial charge in [-0.1, -0.05) is 17.7 Å². The minimum atomic E-state index is -0.0332. The number of piperidine rings is 1. The Balaban J connectivity index is 1.65. The summed E-state index contributed by atoms with van der Waals surface area (Å²) in [5.41, 5.74) is 2.98. The number of amides is 1. The summed E-state index contributed by atoms with van der Waals surface area (Å²) >= 11 is 0. The molecule has 0 radical (unpaired) electrons. The largest absolute Gasteiger partial charge is 0.340 e. The molecule has 5 nitrogen and oxygen atoms in total. The summed E-state index contributed by atoms with van der Waals surface area (Å²) in [6.45, 7) is 5.56. The standard InChI is InChI=1S/C18H22N4O/c1-13-5-7-16(8-6-13)21-17(23)15-4-3-11-22(12-15)18-19-10-9-14(2)20-18/h5-10,15H,3-4,11-12H2,1-2H3,(H,21,23). The molecule has 3 rings (SSSR count). The average Bonchev–Trinajstić information content (AvgIpc) is 2.57. The number of hydrogen-bond acceptors (Lipinski definition) is 4. The van der Waals surface area contributed by atoms with Crippen LogP contribution in [0.25, 0.3) is 0 Å². The second-order valence-corrected chi connectivity index (χ2v) is 6.14. The molecule has 120 valence electrons. The van der Waals surface area contributed by atoms with Gasteiger partial charge in [0.05, 0.1) is 5.92 Å². The number of nitrogens with zero attached hydrogens (tertiary/aromatic N) is 3. The second-order valence-electron chi connectivity index (χ2n) is 6.14. The van der Waals surface area contributed by atoms with Crippen LogP contribution in [0.4, 0.5) is 11.6 Å². The first-order chi connectivity index (χ1) is 11.1. The molecule has 1 N–H and O–H groups in total. The van der Waals surface area contributed by atoms with Crippen LogP contribution in [-0.4, -0.2) is 29.0 Å². The van der Waals surface area contributed by atoms with Crippen molar-refractivity contribution in [3.63, 3.8) is 0 Å². The van der Waals surface area contributed by atoms with E-state index in [9.17, 15) is 4.79 Å². The zero-order valence-electron chi connectivity index (χ0n) is 13.6. The third kappa shape index (κ3) is 3.86. The first-order valence-electron chi connectivity index (χ1n) is 8.04. The summed E-state index contributed by atoms with van der Waals surface area (Å²) < 4.78 is 0. The number of nitrogens with one attached hydrogen (secondary N) is 1. The lowest BCUT2D eigenvalue weighted by Gasteiger charge is -2.32. The van der Waals surface area contributed by atoms with E-state index in [1.165, 1.54) is 5.56 Å². The smallest absolute Gasteiger partial charge is 0.229 e. The molecule has 23 heavy (non-hydrogen) atoms. The normalized spacial score (nSPS) is 17.8. The van der Waals surface area contributed by atoms with Crippen LogP contribution in [0.5, 0.6) is 0 Å². The van der Waals surface area contributed by atoms with Crippen molar-refractivity contribution in [3.8, 4) is 0 Å². The Morgan fingerprint density at radius 3 is 2.74 bits per heavy atom. The summed E-state index contributed by atoms with van der Waals surface area (Å²) in [4.78, 5) is 23.4. The van der Waals surface area contributed by atoms with Crippen molar-refractivity contribution in [3.05, 3.63) is 47.8 Å². The summed E-state index contributed by atoms with van der Waals surface area (Å²) in [6.07, 6.45) is 3.65. The van der Waals surface area contributed by atoms with Gasteiger partial charge in [-0.15, -0.1) is 0 Å². The number of aryl methyl sites for hydroxylation is 2. The average molecular weight is 310 g/mol. The third-order valence-corrected chi connectivity index (χ3v) is 4.18. The summed E-state index contributed by atoms with van der Waals surface area (Å²) in [5.74, 6) is 0.762. The van der Waals surface area contributed by atoms with Gasteiger partial charge in [0, 0.05) is 30.7 Å². The zero-order chi connectivity index (χ0) is 16.2. The summed E-state index contributed by atoms with van der Waals surface area (Å²) in [7, 11) is 0. The van der Waals surface area contributed by atoms with Crippen LogP contribution in [0.2, 0.25) is 0 Å². The van der Waals surface area contributed by atoms with Gasteiger partial charge in [-0.3, -0.25) is 4.79 Å². The summed E-state index contributed by atoms with van der Waals surface area (Å²) in [5, 5.41) is 3.02. The number of aromatic nitrogens is 2. The van der Waals surface area contributed by atoms with E-state index < -0.39 is 0 Å². The van der Waals surface area contributed by atoms with E-state index in [-0.39, 0.29) is 11.8 Å². The van der Waals surface area contributed by atoms with Gasteiger partial charge in [-0.25, -0.2) is 9.97 Å². The number of rotatable bonds is 3. The van der Waals surface area contributed by atoms with E-state index in [0.717, 1.165) is 36.7 Å². The predicted molar refractivity (Wildman–Crippen MR) is 91.5 cm³/mol. The maximum Gasteiger partial charge on any atom is 0.229 e. The fraction of sp³-hybridized carbons (Fsp3) is 0.389. The monoisotopic (exact) mass is 310 g/mol. The molecule has 1 aliphatic rings. The SMILES string of the molecule is Cc1ccc(NC(=O)C2CCCN(c3nccc(C)n3)C2)cc1. The number of anilines is 2. The minimum Gasteiger partial charge on any atom is -0.340 e. The van der Waals surface area contributed by atoms with Crippen LogP contribution in [0.3, 0.4) is 0 Å². The van der Waals surface area contributed by atoms with Crippen LogP contribution in [0.15, 0.2) is 36.5 Å². The minimum absolute atomic E-state index is 0.0332. The molecule has 1 saturated heterocycles. The van der Waals surface area contributed by atoms with Gasteiger partial charge in [-0.05, 0) is 44.9 Å². The molecule has 0 bridgehead atoms. The molecule has 2 aromatic rings. The Morgan fingerprint density at radius 2 is 2.00 bits per heavy atom. The van der Waals surface area contributed by atoms with Crippen LogP contribution < -0.4 is 10.2 Å². The Morgan fingerprint density at radius 1 is 1.22 bits per heavy atom. The molecule has 1 amide bonds. The predicted octanol–water partition coefficient (Wildman–Crippen LogP) is 2.95. The Kier molecular flexibility index (Phi) is 4.55. The number of hydrogen-bond donors (Lipinski definition) is 1. The Hall–Kier alpha value is -2.43. The van der Waals surface area contributed by atoms with Gasteiger partial charge in [-0.2, -0.15) is 0 Å². The molecule has 5 heteroatoms. The highest BCUT2D eigenvalue weighted by Gasteiger charge is 2.27. The highest BCUT2D eigenvalue weighted by Crippen LogP contribution is 2.22. The molecule has 1 fully saturated rings.